The van der Waals surface area contributed by atoms with Crippen LogP contribution in [-0.4, -0.2) is 28.9 Å². The van der Waals surface area contributed by atoms with Crippen LogP contribution in [0.15, 0.2) is 29.2 Å². The number of amides is 1. The quantitative estimate of drug-likeness (QED) is 0.688. The van der Waals surface area contributed by atoms with E-state index in [1.165, 1.54) is 6.92 Å². The molecule has 1 amide bonds. The maximum atomic E-state index is 10.9. The minimum absolute atomic E-state index is 0.00150. The van der Waals surface area contributed by atoms with Crippen molar-refractivity contribution < 1.29 is 9.90 Å². The van der Waals surface area contributed by atoms with Crippen LogP contribution in [0.25, 0.3) is 0 Å². The molecule has 0 heterocycles. The second-order valence-electron chi connectivity index (χ2n) is 4.12. The Balaban J connectivity index is 2.64. The first kappa shape index (κ1) is 15.0. The SMILES string of the molecule is CCC(N)C(CO)Sc1ccc(NC(C)=O)cc1. The first-order chi connectivity index (χ1) is 8.56. The predicted octanol–water partition coefficient (Wildman–Crippen LogP) is 1.84. The van der Waals surface area contributed by atoms with Gasteiger partial charge in [0.1, 0.15) is 0 Å². The van der Waals surface area contributed by atoms with Gasteiger partial charge in [-0.2, -0.15) is 0 Å². The van der Waals surface area contributed by atoms with Crippen molar-refractivity contribution in [1.82, 2.24) is 0 Å². The van der Waals surface area contributed by atoms with Gasteiger partial charge in [0.15, 0.2) is 0 Å². The minimum atomic E-state index is -0.0864. The Bertz CT molecular complexity index is 381. The average Bonchev–Trinajstić information content (AvgIpc) is 2.36. The summed E-state index contributed by atoms with van der Waals surface area (Å²) < 4.78 is 0. The molecule has 0 aromatic heterocycles. The normalized spacial score (nSPS) is 14.0. The van der Waals surface area contributed by atoms with Gasteiger partial charge in [0.05, 0.1) is 6.61 Å². The molecule has 0 fully saturated rings. The van der Waals surface area contributed by atoms with E-state index >= 15 is 0 Å². The van der Waals surface area contributed by atoms with Crippen LogP contribution in [0.1, 0.15) is 20.3 Å². The van der Waals surface area contributed by atoms with E-state index < -0.39 is 0 Å². The van der Waals surface area contributed by atoms with Gasteiger partial charge in [-0.1, -0.05) is 6.92 Å². The molecule has 1 rings (SSSR count). The van der Waals surface area contributed by atoms with Crippen molar-refractivity contribution in [1.29, 1.82) is 0 Å². The molecule has 18 heavy (non-hydrogen) atoms. The van der Waals surface area contributed by atoms with Gasteiger partial charge < -0.3 is 16.2 Å². The van der Waals surface area contributed by atoms with Crippen LogP contribution in [0, 0.1) is 0 Å². The molecule has 0 aliphatic carbocycles. The fourth-order valence-electron chi connectivity index (χ4n) is 1.52. The lowest BCUT2D eigenvalue weighted by Gasteiger charge is -2.20. The van der Waals surface area contributed by atoms with Crippen LogP contribution in [0.3, 0.4) is 0 Å². The highest BCUT2D eigenvalue weighted by atomic mass is 32.2. The third-order valence-corrected chi connectivity index (χ3v) is 3.94. The number of carbonyl (C=O) groups excluding carboxylic acids is 1. The highest BCUT2D eigenvalue weighted by Gasteiger charge is 2.16. The van der Waals surface area contributed by atoms with Crippen molar-refractivity contribution in [3.63, 3.8) is 0 Å². The lowest BCUT2D eigenvalue weighted by Crippen LogP contribution is -2.34. The van der Waals surface area contributed by atoms with Gasteiger partial charge in [-0.15, -0.1) is 11.8 Å². The number of benzene rings is 1. The van der Waals surface area contributed by atoms with Crippen molar-refractivity contribution in [2.45, 2.75) is 36.5 Å². The molecule has 1 aromatic rings. The van der Waals surface area contributed by atoms with E-state index in [9.17, 15) is 9.90 Å². The zero-order valence-corrected chi connectivity index (χ0v) is 11.5. The number of aliphatic hydroxyl groups is 1. The third kappa shape index (κ3) is 4.68. The van der Waals surface area contributed by atoms with Crippen LogP contribution in [0.4, 0.5) is 5.69 Å². The molecular formula is C13H20N2O2S. The van der Waals surface area contributed by atoms with Crippen LogP contribution in [-0.2, 0) is 4.79 Å². The van der Waals surface area contributed by atoms with Gasteiger partial charge >= 0.3 is 0 Å². The number of thioether (sulfide) groups is 1. The standard InChI is InChI=1S/C13H20N2O2S/c1-3-12(14)13(8-16)18-11-6-4-10(5-7-11)15-9(2)17/h4-7,12-13,16H,3,8,14H2,1-2H3,(H,15,17). The molecule has 0 saturated heterocycles. The van der Waals surface area contributed by atoms with E-state index in [4.69, 9.17) is 5.73 Å². The maximum Gasteiger partial charge on any atom is 0.221 e. The van der Waals surface area contributed by atoms with E-state index in [1.807, 2.05) is 31.2 Å². The Kier molecular flexibility index (Phi) is 6.18. The van der Waals surface area contributed by atoms with Crippen molar-refractivity contribution in [3.05, 3.63) is 24.3 Å². The number of rotatable bonds is 6. The minimum Gasteiger partial charge on any atom is -0.395 e. The Hall–Kier alpha value is -1.04. The Morgan fingerprint density at radius 3 is 2.50 bits per heavy atom. The van der Waals surface area contributed by atoms with Gasteiger partial charge in [0.25, 0.3) is 0 Å². The van der Waals surface area contributed by atoms with Crippen molar-refractivity contribution in [2.75, 3.05) is 11.9 Å². The Morgan fingerprint density at radius 1 is 1.44 bits per heavy atom. The topological polar surface area (TPSA) is 75.3 Å². The van der Waals surface area contributed by atoms with E-state index in [0.29, 0.717) is 0 Å². The van der Waals surface area contributed by atoms with Crippen molar-refractivity contribution in [2.24, 2.45) is 5.73 Å². The van der Waals surface area contributed by atoms with Gasteiger partial charge in [-0.05, 0) is 30.7 Å². The van der Waals surface area contributed by atoms with Gasteiger partial charge in [0.2, 0.25) is 5.91 Å². The number of carbonyl (C=O) groups is 1. The predicted molar refractivity (Wildman–Crippen MR) is 75.7 cm³/mol. The molecule has 2 unspecified atom stereocenters. The number of aliphatic hydroxyl groups excluding tert-OH is 1. The maximum absolute atomic E-state index is 10.9. The molecule has 0 aliphatic rings. The van der Waals surface area contributed by atoms with Gasteiger partial charge in [-0.25, -0.2) is 0 Å². The fraction of sp³-hybridized carbons (Fsp3) is 0.462. The molecule has 0 bridgehead atoms. The number of anilines is 1. The Labute approximate surface area is 112 Å². The smallest absolute Gasteiger partial charge is 0.221 e. The molecule has 4 nitrogen and oxygen atoms in total. The molecule has 0 saturated carbocycles. The highest BCUT2D eigenvalue weighted by Crippen LogP contribution is 2.26. The third-order valence-electron chi connectivity index (χ3n) is 2.59. The van der Waals surface area contributed by atoms with E-state index in [1.54, 1.807) is 11.8 Å². The van der Waals surface area contributed by atoms with Gasteiger partial charge in [0, 0.05) is 28.8 Å². The van der Waals surface area contributed by atoms with Crippen LogP contribution in [0.2, 0.25) is 0 Å². The molecule has 2 atom stereocenters. The zero-order chi connectivity index (χ0) is 13.5. The summed E-state index contributed by atoms with van der Waals surface area (Å²) in [6, 6.07) is 7.50. The second kappa shape index (κ2) is 7.41. The largest absolute Gasteiger partial charge is 0.395 e. The lowest BCUT2D eigenvalue weighted by atomic mass is 10.2. The number of nitrogens with two attached hydrogens (primary N) is 1. The highest BCUT2D eigenvalue weighted by molar-refractivity contribution is 8.00. The van der Waals surface area contributed by atoms with E-state index in [2.05, 4.69) is 5.32 Å². The molecule has 0 radical (unpaired) electrons. The molecule has 0 aliphatic heterocycles. The summed E-state index contributed by atoms with van der Waals surface area (Å²) in [6.45, 7) is 3.55. The summed E-state index contributed by atoms with van der Waals surface area (Å²) in [4.78, 5) is 11.9. The summed E-state index contributed by atoms with van der Waals surface area (Å²) >= 11 is 1.56. The molecule has 4 N–H and O–H groups in total. The number of hydrogen-bond donors (Lipinski definition) is 3. The number of nitrogens with one attached hydrogen (secondary N) is 1. The summed E-state index contributed by atoms with van der Waals surface area (Å²) in [5, 5.41) is 12.0. The summed E-state index contributed by atoms with van der Waals surface area (Å²) in [6.07, 6.45) is 0.836. The summed E-state index contributed by atoms with van der Waals surface area (Å²) in [5.74, 6) is -0.0864. The van der Waals surface area contributed by atoms with Crippen molar-refractivity contribution >= 4 is 23.4 Å². The van der Waals surface area contributed by atoms with E-state index in [-0.39, 0.29) is 23.8 Å². The second-order valence-corrected chi connectivity index (χ2v) is 5.43. The molecule has 1 aromatic carbocycles. The summed E-state index contributed by atoms with van der Waals surface area (Å²) in [7, 11) is 0. The first-order valence-electron chi connectivity index (χ1n) is 5.97. The van der Waals surface area contributed by atoms with Gasteiger partial charge in [-0.3, -0.25) is 4.79 Å². The molecule has 100 valence electrons. The number of hydrogen-bond acceptors (Lipinski definition) is 4. The molecule has 0 spiro atoms. The molecule has 5 heteroatoms. The lowest BCUT2D eigenvalue weighted by molar-refractivity contribution is -0.114. The van der Waals surface area contributed by atoms with Crippen LogP contribution >= 0.6 is 11.8 Å². The van der Waals surface area contributed by atoms with Crippen LogP contribution < -0.4 is 11.1 Å². The first-order valence-corrected chi connectivity index (χ1v) is 6.85. The zero-order valence-electron chi connectivity index (χ0n) is 10.7. The van der Waals surface area contributed by atoms with Crippen molar-refractivity contribution in [3.8, 4) is 0 Å². The van der Waals surface area contributed by atoms with Crippen LogP contribution in [0.5, 0.6) is 0 Å². The van der Waals surface area contributed by atoms with E-state index in [0.717, 1.165) is 17.0 Å². The average molecular weight is 268 g/mol. The molecular weight excluding hydrogens is 248 g/mol. The Morgan fingerprint density at radius 2 is 2.06 bits per heavy atom. The monoisotopic (exact) mass is 268 g/mol. The summed E-state index contributed by atoms with van der Waals surface area (Å²) in [5.41, 5.74) is 6.70. The fourth-order valence-corrected chi connectivity index (χ4v) is 2.60.